The van der Waals surface area contributed by atoms with Gasteiger partial charge in [-0.3, -0.25) is 4.68 Å². The molecule has 0 saturated carbocycles. The van der Waals surface area contributed by atoms with Crippen molar-refractivity contribution >= 4 is 0 Å². The number of nitrogens with one attached hydrogen (secondary N) is 1. The molecule has 1 aliphatic rings. The number of rotatable bonds is 8. The predicted molar refractivity (Wildman–Crippen MR) is 81.9 cm³/mol. The minimum atomic E-state index is 0.493. The second-order valence-electron chi connectivity index (χ2n) is 5.75. The lowest BCUT2D eigenvalue weighted by Crippen LogP contribution is -2.38. The molecule has 0 aromatic carbocycles. The van der Waals surface area contributed by atoms with E-state index in [1.807, 2.05) is 0 Å². The summed E-state index contributed by atoms with van der Waals surface area (Å²) in [6, 6.07) is 3.21. The van der Waals surface area contributed by atoms with Crippen molar-refractivity contribution in [3.63, 3.8) is 0 Å². The summed E-state index contributed by atoms with van der Waals surface area (Å²) >= 11 is 0. The maximum atomic E-state index is 5.53. The van der Waals surface area contributed by atoms with Gasteiger partial charge in [0.15, 0.2) is 0 Å². The summed E-state index contributed by atoms with van der Waals surface area (Å²) in [6.45, 7) is 9.44. The first kappa shape index (κ1) is 15.5. The van der Waals surface area contributed by atoms with Crippen LogP contribution in [0.4, 0.5) is 0 Å². The monoisotopic (exact) mass is 279 g/mol. The average Bonchev–Trinajstić information content (AvgIpc) is 3.11. The summed E-state index contributed by atoms with van der Waals surface area (Å²) in [6.07, 6.45) is 6.61. The Labute approximate surface area is 122 Å². The van der Waals surface area contributed by atoms with E-state index in [4.69, 9.17) is 9.84 Å². The molecule has 0 spiro atoms. The number of hydrogen-bond acceptors (Lipinski definition) is 3. The third-order valence-electron chi connectivity index (χ3n) is 4.41. The zero-order chi connectivity index (χ0) is 14.4. The van der Waals surface area contributed by atoms with Gasteiger partial charge in [-0.1, -0.05) is 20.8 Å². The van der Waals surface area contributed by atoms with Gasteiger partial charge in [-0.2, -0.15) is 5.10 Å². The molecule has 2 heterocycles. The largest absolute Gasteiger partial charge is 0.381 e. The van der Waals surface area contributed by atoms with E-state index >= 15 is 0 Å². The van der Waals surface area contributed by atoms with Gasteiger partial charge in [0, 0.05) is 31.2 Å². The number of aromatic nitrogens is 2. The van der Waals surface area contributed by atoms with Crippen molar-refractivity contribution in [3.05, 3.63) is 18.0 Å². The Bertz CT molecular complexity index is 381. The van der Waals surface area contributed by atoms with Crippen LogP contribution in [0.1, 0.15) is 51.8 Å². The van der Waals surface area contributed by atoms with Gasteiger partial charge < -0.3 is 10.1 Å². The average molecular weight is 279 g/mol. The molecular formula is C16H29N3O. The quantitative estimate of drug-likeness (QED) is 0.795. The molecule has 0 aliphatic carbocycles. The Morgan fingerprint density at radius 1 is 1.40 bits per heavy atom. The Morgan fingerprint density at radius 3 is 2.80 bits per heavy atom. The van der Waals surface area contributed by atoms with E-state index in [0.29, 0.717) is 18.0 Å². The van der Waals surface area contributed by atoms with Gasteiger partial charge in [0.1, 0.15) is 0 Å². The fourth-order valence-electron chi connectivity index (χ4n) is 3.12. The van der Waals surface area contributed by atoms with Gasteiger partial charge in [-0.25, -0.2) is 0 Å². The zero-order valence-corrected chi connectivity index (χ0v) is 13.1. The molecule has 2 rings (SSSR count). The van der Waals surface area contributed by atoms with Crippen molar-refractivity contribution in [2.24, 2.45) is 5.92 Å². The van der Waals surface area contributed by atoms with Crippen LogP contribution in [0.15, 0.2) is 12.3 Å². The summed E-state index contributed by atoms with van der Waals surface area (Å²) in [5, 5.41) is 8.39. The zero-order valence-electron chi connectivity index (χ0n) is 13.1. The van der Waals surface area contributed by atoms with E-state index in [-0.39, 0.29) is 0 Å². The van der Waals surface area contributed by atoms with Gasteiger partial charge in [0.2, 0.25) is 0 Å². The first-order chi connectivity index (χ1) is 9.78. The van der Waals surface area contributed by atoms with Gasteiger partial charge in [-0.05, 0) is 31.9 Å². The third-order valence-corrected chi connectivity index (χ3v) is 4.41. The SMILES string of the molecule is CCNC(Cc1ccn(C(CC)CC)n1)C1CCOC1. The molecule has 1 saturated heterocycles. The van der Waals surface area contributed by atoms with Crippen LogP contribution in [0, 0.1) is 5.92 Å². The van der Waals surface area contributed by atoms with Crippen molar-refractivity contribution in [2.45, 2.75) is 58.5 Å². The van der Waals surface area contributed by atoms with Crippen LogP contribution in [0.25, 0.3) is 0 Å². The highest BCUT2D eigenvalue weighted by Gasteiger charge is 2.26. The lowest BCUT2D eigenvalue weighted by Gasteiger charge is -2.22. The Hall–Kier alpha value is -0.870. The highest BCUT2D eigenvalue weighted by Crippen LogP contribution is 2.20. The maximum Gasteiger partial charge on any atom is 0.0640 e. The number of likely N-dealkylation sites (N-methyl/N-ethyl adjacent to an activating group) is 1. The molecule has 1 aromatic rings. The molecule has 4 nitrogen and oxygen atoms in total. The number of hydrogen-bond donors (Lipinski definition) is 1. The fourth-order valence-corrected chi connectivity index (χ4v) is 3.12. The highest BCUT2D eigenvalue weighted by atomic mass is 16.5. The van der Waals surface area contributed by atoms with Crippen LogP contribution < -0.4 is 5.32 Å². The predicted octanol–water partition coefficient (Wildman–Crippen LogP) is 2.80. The molecule has 2 unspecified atom stereocenters. The number of nitrogens with zero attached hydrogens (tertiary/aromatic N) is 2. The molecule has 0 amide bonds. The molecule has 4 heteroatoms. The Balaban J connectivity index is 1.99. The summed E-state index contributed by atoms with van der Waals surface area (Å²) in [4.78, 5) is 0. The van der Waals surface area contributed by atoms with E-state index in [1.165, 1.54) is 12.1 Å². The molecule has 0 bridgehead atoms. The van der Waals surface area contributed by atoms with E-state index < -0.39 is 0 Å². The molecule has 114 valence electrons. The Morgan fingerprint density at radius 2 is 2.20 bits per heavy atom. The smallest absolute Gasteiger partial charge is 0.0640 e. The molecule has 1 N–H and O–H groups in total. The molecule has 1 aliphatic heterocycles. The van der Waals surface area contributed by atoms with Crippen LogP contribution in [0.3, 0.4) is 0 Å². The van der Waals surface area contributed by atoms with Gasteiger partial charge in [-0.15, -0.1) is 0 Å². The second-order valence-corrected chi connectivity index (χ2v) is 5.75. The first-order valence-electron chi connectivity index (χ1n) is 8.13. The normalized spacial score (nSPS) is 20.7. The highest BCUT2D eigenvalue weighted by molar-refractivity contribution is 5.03. The van der Waals surface area contributed by atoms with E-state index in [9.17, 15) is 0 Å². The molecule has 0 radical (unpaired) electrons. The van der Waals surface area contributed by atoms with E-state index in [1.54, 1.807) is 0 Å². The Kier molecular flexibility index (Phi) is 6.05. The summed E-state index contributed by atoms with van der Waals surface area (Å²) in [7, 11) is 0. The summed E-state index contributed by atoms with van der Waals surface area (Å²) in [5.41, 5.74) is 1.20. The fraction of sp³-hybridized carbons (Fsp3) is 0.812. The standard InChI is InChI=1S/C16H29N3O/c1-4-15(5-2)19-9-7-14(18-19)11-16(17-6-3)13-8-10-20-12-13/h7,9,13,15-17H,4-6,8,10-12H2,1-3H3. The molecular weight excluding hydrogens is 250 g/mol. The topological polar surface area (TPSA) is 39.1 Å². The van der Waals surface area contributed by atoms with Crippen LogP contribution in [-0.4, -0.2) is 35.6 Å². The van der Waals surface area contributed by atoms with E-state index in [0.717, 1.165) is 39.0 Å². The second kappa shape index (κ2) is 7.79. The van der Waals surface area contributed by atoms with Gasteiger partial charge >= 0.3 is 0 Å². The van der Waals surface area contributed by atoms with E-state index in [2.05, 4.69) is 43.0 Å². The van der Waals surface area contributed by atoms with Crippen molar-refractivity contribution < 1.29 is 4.74 Å². The van der Waals surface area contributed by atoms with Crippen molar-refractivity contribution in [2.75, 3.05) is 19.8 Å². The van der Waals surface area contributed by atoms with Crippen LogP contribution in [-0.2, 0) is 11.2 Å². The number of ether oxygens (including phenoxy) is 1. The van der Waals surface area contributed by atoms with Gasteiger partial charge in [0.05, 0.1) is 18.3 Å². The minimum absolute atomic E-state index is 0.493. The van der Waals surface area contributed by atoms with Crippen molar-refractivity contribution in [1.29, 1.82) is 0 Å². The van der Waals surface area contributed by atoms with Crippen LogP contribution in [0.5, 0.6) is 0 Å². The molecule has 2 atom stereocenters. The lowest BCUT2D eigenvalue weighted by molar-refractivity contribution is 0.176. The molecule has 20 heavy (non-hydrogen) atoms. The maximum absolute atomic E-state index is 5.53. The van der Waals surface area contributed by atoms with Crippen LogP contribution in [0.2, 0.25) is 0 Å². The minimum Gasteiger partial charge on any atom is -0.381 e. The van der Waals surface area contributed by atoms with Gasteiger partial charge in [0.25, 0.3) is 0 Å². The summed E-state index contributed by atoms with van der Waals surface area (Å²) in [5.74, 6) is 0.633. The third kappa shape index (κ3) is 3.83. The molecule has 1 aromatic heterocycles. The first-order valence-corrected chi connectivity index (χ1v) is 8.13. The molecule has 1 fully saturated rings. The summed E-state index contributed by atoms with van der Waals surface area (Å²) < 4.78 is 7.68. The lowest BCUT2D eigenvalue weighted by atomic mass is 9.95. The van der Waals surface area contributed by atoms with Crippen LogP contribution >= 0.6 is 0 Å². The van der Waals surface area contributed by atoms with Crippen molar-refractivity contribution in [1.82, 2.24) is 15.1 Å². The van der Waals surface area contributed by atoms with Crippen molar-refractivity contribution in [3.8, 4) is 0 Å².